The van der Waals surface area contributed by atoms with E-state index < -0.39 is 0 Å². The van der Waals surface area contributed by atoms with Gasteiger partial charge in [-0.1, -0.05) is 16.8 Å². The monoisotopic (exact) mass is 427 g/mol. The lowest BCUT2D eigenvalue weighted by Gasteiger charge is -2.10. The van der Waals surface area contributed by atoms with Crippen LogP contribution in [-0.4, -0.2) is 22.8 Å². The van der Waals surface area contributed by atoms with E-state index in [0.717, 1.165) is 20.9 Å². The molecule has 1 aliphatic heterocycles. The molecule has 0 saturated heterocycles. The molecule has 2 aromatic heterocycles. The predicted octanol–water partition coefficient (Wildman–Crippen LogP) is 5.63. The van der Waals surface area contributed by atoms with Crippen molar-refractivity contribution in [3.05, 3.63) is 63.8 Å². The van der Waals surface area contributed by atoms with Crippen LogP contribution in [0.4, 0.5) is 0 Å². The van der Waals surface area contributed by atoms with Crippen molar-refractivity contribution >= 4 is 40.6 Å². The summed E-state index contributed by atoms with van der Waals surface area (Å²) >= 11 is 7.90. The van der Waals surface area contributed by atoms with Crippen LogP contribution < -0.4 is 4.74 Å². The topological polar surface area (TPSA) is 69.4 Å². The normalized spacial score (nSPS) is 15.4. The quantitative estimate of drug-likeness (QED) is 0.361. The van der Waals surface area contributed by atoms with Crippen LogP contribution in [0.5, 0.6) is 5.75 Å². The summed E-state index contributed by atoms with van der Waals surface area (Å²) in [5.41, 5.74) is 2.00. The summed E-state index contributed by atoms with van der Waals surface area (Å²) in [6.45, 7) is 1.56. The molecule has 0 spiro atoms. The molecule has 0 aliphatic carbocycles. The van der Waals surface area contributed by atoms with Crippen LogP contribution in [0.2, 0.25) is 5.02 Å². The zero-order chi connectivity index (χ0) is 20.4. The van der Waals surface area contributed by atoms with Gasteiger partial charge in [0.1, 0.15) is 11.9 Å². The molecule has 7 heteroatoms. The largest absolute Gasteiger partial charge is 0.488 e. The van der Waals surface area contributed by atoms with Crippen LogP contribution in [0.1, 0.15) is 40.8 Å². The van der Waals surface area contributed by atoms with E-state index >= 15 is 0 Å². The number of benzene rings is 1. The van der Waals surface area contributed by atoms with Gasteiger partial charge in [0.05, 0.1) is 16.1 Å². The van der Waals surface area contributed by atoms with Crippen LogP contribution >= 0.6 is 22.9 Å². The van der Waals surface area contributed by atoms with Crippen LogP contribution in [0.25, 0.3) is 16.5 Å². The highest BCUT2D eigenvalue weighted by Crippen LogP contribution is 2.41. The van der Waals surface area contributed by atoms with Gasteiger partial charge in [0.2, 0.25) is 0 Å². The number of carbonyl (C=O) groups excluding carboxylic acids is 2. The molecular formula is C22H18ClNO4S. The highest BCUT2D eigenvalue weighted by Gasteiger charge is 2.26. The van der Waals surface area contributed by atoms with Crippen molar-refractivity contribution in [1.29, 1.82) is 0 Å². The summed E-state index contributed by atoms with van der Waals surface area (Å²) in [5, 5.41) is 4.14. The Morgan fingerprint density at radius 2 is 2.17 bits per heavy atom. The van der Waals surface area contributed by atoms with E-state index in [2.05, 4.69) is 11.2 Å². The molecule has 148 valence electrons. The van der Waals surface area contributed by atoms with E-state index in [1.54, 1.807) is 19.1 Å². The summed E-state index contributed by atoms with van der Waals surface area (Å²) in [6, 6.07) is 9.38. The number of carbonyl (C=O) groups is 2. The van der Waals surface area contributed by atoms with Gasteiger partial charge in [-0.3, -0.25) is 9.59 Å². The Morgan fingerprint density at radius 3 is 2.90 bits per heavy atom. The number of Topliss-reactive ketones (excluding diaryl/α,β-unsaturated/α-hetero) is 1. The number of ether oxygens (including phenoxy) is 1. The average molecular weight is 428 g/mol. The van der Waals surface area contributed by atoms with E-state index in [1.165, 1.54) is 23.6 Å². The van der Waals surface area contributed by atoms with Gasteiger partial charge in [-0.2, -0.15) is 0 Å². The number of thiophene rings is 1. The van der Waals surface area contributed by atoms with Gasteiger partial charge in [0.15, 0.2) is 17.3 Å². The maximum Gasteiger partial charge on any atom is 0.169 e. The molecule has 0 fully saturated rings. The van der Waals surface area contributed by atoms with Crippen molar-refractivity contribution in [2.24, 2.45) is 0 Å². The number of hydrogen-bond acceptors (Lipinski definition) is 6. The number of rotatable bonds is 7. The van der Waals surface area contributed by atoms with Gasteiger partial charge in [-0.25, -0.2) is 0 Å². The highest BCUT2D eigenvalue weighted by atomic mass is 35.5. The molecule has 3 aromatic rings. The fraction of sp³-hybridized carbons (Fsp3) is 0.227. The molecule has 1 unspecified atom stereocenters. The summed E-state index contributed by atoms with van der Waals surface area (Å²) in [6.07, 6.45) is 6.23. The van der Waals surface area contributed by atoms with E-state index in [-0.39, 0.29) is 17.7 Å². The molecular weight excluding hydrogens is 410 g/mol. The van der Waals surface area contributed by atoms with Gasteiger partial charge < -0.3 is 9.26 Å². The number of halogens is 1. The van der Waals surface area contributed by atoms with Gasteiger partial charge >= 0.3 is 0 Å². The second-order valence-corrected chi connectivity index (χ2v) is 8.35. The van der Waals surface area contributed by atoms with Gasteiger partial charge in [-0.05, 0) is 55.3 Å². The number of hydrogen-bond donors (Lipinski definition) is 0. The molecule has 5 nitrogen and oxygen atoms in total. The van der Waals surface area contributed by atoms with Crippen molar-refractivity contribution in [2.45, 2.75) is 32.3 Å². The molecule has 4 rings (SSSR count). The first kappa shape index (κ1) is 19.6. The lowest BCUT2D eigenvalue weighted by Crippen LogP contribution is -2.14. The summed E-state index contributed by atoms with van der Waals surface area (Å²) < 4.78 is 10.9. The van der Waals surface area contributed by atoms with Crippen LogP contribution in [0.15, 0.2) is 47.1 Å². The van der Waals surface area contributed by atoms with Crippen LogP contribution in [0.3, 0.4) is 0 Å². The first-order chi connectivity index (χ1) is 14.0. The molecule has 0 bridgehead atoms. The van der Waals surface area contributed by atoms with Crippen molar-refractivity contribution in [3.8, 4) is 16.2 Å². The Morgan fingerprint density at radius 1 is 1.31 bits per heavy atom. The lowest BCUT2D eigenvalue weighted by molar-refractivity contribution is -0.115. The summed E-state index contributed by atoms with van der Waals surface area (Å²) in [4.78, 5) is 25.3. The zero-order valence-corrected chi connectivity index (χ0v) is 17.3. The van der Waals surface area contributed by atoms with Crippen LogP contribution in [0, 0.1) is 0 Å². The van der Waals surface area contributed by atoms with Gasteiger partial charge in [0, 0.05) is 29.3 Å². The third-order valence-electron chi connectivity index (χ3n) is 4.69. The number of allylic oxidation sites excluding steroid dienone is 1. The predicted molar refractivity (Wildman–Crippen MR) is 113 cm³/mol. The first-order valence-corrected chi connectivity index (χ1v) is 10.4. The van der Waals surface area contributed by atoms with E-state index in [1.807, 2.05) is 18.2 Å². The minimum atomic E-state index is -0.0866. The minimum Gasteiger partial charge on any atom is -0.488 e. The molecule has 1 aromatic carbocycles. The molecule has 0 amide bonds. The third kappa shape index (κ3) is 4.49. The standard InChI is InChI=1S/C22H18ClNO4S/c1-13(25)20-6-7-21(29-20)14-10-15-11-18(27-22(15)19(23)12-14)5-3-16(26)2-4-17-8-9-24-28-17/h2,4,6-10,12,18H,3,5,11H2,1H3/b4-2+. The number of ketones is 2. The third-order valence-corrected chi connectivity index (χ3v) is 6.21. The van der Waals surface area contributed by atoms with Crippen molar-refractivity contribution < 1.29 is 18.8 Å². The maximum atomic E-state index is 12.1. The van der Waals surface area contributed by atoms with Crippen molar-refractivity contribution in [3.63, 3.8) is 0 Å². The second kappa shape index (κ2) is 8.35. The fourth-order valence-corrected chi connectivity index (χ4v) is 4.42. The summed E-state index contributed by atoms with van der Waals surface area (Å²) in [5.74, 6) is 1.29. The zero-order valence-electron chi connectivity index (χ0n) is 15.7. The second-order valence-electron chi connectivity index (χ2n) is 6.86. The minimum absolute atomic E-state index is 0.00286. The van der Waals surface area contributed by atoms with E-state index in [0.29, 0.717) is 35.8 Å². The molecule has 29 heavy (non-hydrogen) atoms. The Bertz CT molecular complexity index is 1080. The molecule has 3 heterocycles. The van der Waals surface area contributed by atoms with Gasteiger partial charge in [0.25, 0.3) is 0 Å². The maximum absolute atomic E-state index is 12.1. The van der Waals surface area contributed by atoms with Crippen molar-refractivity contribution in [1.82, 2.24) is 5.16 Å². The van der Waals surface area contributed by atoms with Gasteiger partial charge in [-0.15, -0.1) is 11.3 Å². The summed E-state index contributed by atoms with van der Waals surface area (Å²) in [7, 11) is 0. The number of nitrogens with zero attached hydrogens (tertiary/aromatic N) is 1. The van der Waals surface area contributed by atoms with Crippen LogP contribution in [-0.2, 0) is 11.2 Å². The molecule has 0 radical (unpaired) electrons. The Labute approximate surface area is 176 Å². The average Bonchev–Trinajstić information content (AvgIpc) is 3.44. The SMILES string of the molecule is CC(=O)c1ccc(-c2cc(Cl)c3c(c2)CC(CCC(=O)/C=C/c2ccno2)O3)s1. The smallest absolute Gasteiger partial charge is 0.169 e. The van der Waals surface area contributed by atoms with E-state index in [4.69, 9.17) is 20.9 Å². The van der Waals surface area contributed by atoms with Crippen molar-refractivity contribution in [2.75, 3.05) is 0 Å². The molecule has 0 saturated carbocycles. The fourth-order valence-electron chi connectivity index (χ4n) is 3.25. The number of aromatic nitrogens is 1. The highest BCUT2D eigenvalue weighted by molar-refractivity contribution is 7.17. The Hall–Kier alpha value is -2.70. The van der Waals surface area contributed by atoms with E-state index in [9.17, 15) is 9.59 Å². The first-order valence-electron chi connectivity index (χ1n) is 9.21. The molecule has 1 aliphatic rings. The number of fused-ring (bicyclic) bond motifs is 1. The molecule has 0 N–H and O–H groups in total. The molecule has 1 atom stereocenters. The Kier molecular flexibility index (Phi) is 5.65. The lowest BCUT2D eigenvalue weighted by atomic mass is 10.0. The Balaban J connectivity index is 1.40.